The topological polar surface area (TPSA) is 81.0 Å². The predicted octanol–water partition coefficient (Wildman–Crippen LogP) is 4.64. The van der Waals surface area contributed by atoms with Crippen LogP contribution in [0.5, 0.6) is 11.5 Å². The highest BCUT2D eigenvalue weighted by atomic mass is 16.5. The molecule has 0 aliphatic heterocycles. The molecule has 8 heteroatoms. The van der Waals surface area contributed by atoms with E-state index < -0.39 is 0 Å². The molecule has 1 N–H and O–H groups in total. The largest absolute Gasteiger partial charge is 0.493 e. The van der Waals surface area contributed by atoms with Crippen LogP contribution in [0.1, 0.15) is 24.2 Å². The van der Waals surface area contributed by atoms with Crippen LogP contribution in [0.4, 0.5) is 11.5 Å². The number of benzene rings is 2. The fourth-order valence-electron chi connectivity index (χ4n) is 3.68. The van der Waals surface area contributed by atoms with Crippen LogP contribution in [0.3, 0.4) is 0 Å². The Balaban J connectivity index is 1.68. The number of imidazole rings is 1. The van der Waals surface area contributed by atoms with E-state index in [0.717, 1.165) is 16.9 Å². The van der Waals surface area contributed by atoms with Crippen molar-refractivity contribution in [2.24, 2.45) is 0 Å². The minimum Gasteiger partial charge on any atom is -0.493 e. The first-order valence-electron chi connectivity index (χ1n) is 10.8. The summed E-state index contributed by atoms with van der Waals surface area (Å²) in [6, 6.07) is 13.1. The summed E-state index contributed by atoms with van der Waals surface area (Å²) < 4.78 is 12.6. The van der Waals surface area contributed by atoms with Crippen molar-refractivity contribution in [2.75, 3.05) is 32.6 Å². The van der Waals surface area contributed by atoms with Gasteiger partial charge in [0.15, 0.2) is 23.0 Å². The van der Waals surface area contributed by atoms with Crippen molar-refractivity contribution in [1.29, 1.82) is 0 Å². The Labute approximate surface area is 192 Å². The van der Waals surface area contributed by atoms with E-state index in [-0.39, 0.29) is 5.91 Å². The van der Waals surface area contributed by atoms with Crippen molar-refractivity contribution in [3.8, 4) is 22.8 Å². The number of hydrogen-bond acceptors (Lipinski definition) is 6. The van der Waals surface area contributed by atoms with Gasteiger partial charge in [0.05, 0.1) is 19.9 Å². The summed E-state index contributed by atoms with van der Waals surface area (Å²) in [6.07, 6.45) is 5.52. The highest BCUT2D eigenvalue weighted by molar-refractivity contribution is 5.94. The van der Waals surface area contributed by atoms with Gasteiger partial charge in [-0.05, 0) is 38.1 Å². The molecule has 0 spiro atoms. The number of carbonyl (C=O) groups is 1. The average Bonchev–Trinajstić information content (AvgIpc) is 3.34. The zero-order chi connectivity index (χ0) is 23.4. The van der Waals surface area contributed by atoms with Crippen molar-refractivity contribution >= 4 is 23.1 Å². The second kappa shape index (κ2) is 9.60. The van der Waals surface area contributed by atoms with Crippen LogP contribution in [0.25, 0.3) is 16.9 Å². The maximum Gasteiger partial charge on any atom is 0.253 e. The van der Waals surface area contributed by atoms with E-state index in [2.05, 4.69) is 10.3 Å². The molecule has 4 aromatic rings. The Kier molecular flexibility index (Phi) is 6.44. The fraction of sp³-hybridized carbons (Fsp3) is 0.240. The molecule has 2 heterocycles. The standard InChI is InChI=1S/C25H27N5O3/c1-5-29(6-2)25(31)18-9-7-17(8-10-18)20-16-30-14-13-26-24(30)23(28-20)27-19-11-12-21(32-3)22(15-19)33-4/h7-16H,5-6H2,1-4H3,(H,27,28). The van der Waals surface area contributed by atoms with Gasteiger partial charge >= 0.3 is 0 Å². The summed E-state index contributed by atoms with van der Waals surface area (Å²) in [7, 11) is 3.20. The Morgan fingerprint density at radius 1 is 1.03 bits per heavy atom. The zero-order valence-electron chi connectivity index (χ0n) is 19.2. The third-order valence-electron chi connectivity index (χ3n) is 5.50. The lowest BCUT2D eigenvalue weighted by atomic mass is 10.1. The first kappa shape index (κ1) is 22.1. The van der Waals surface area contributed by atoms with Gasteiger partial charge in [-0.25, -0.2) is 9.97 Å². The quantitative estimate of drug-likeness (QED) is 0.426. The number of ether oxygens (including phenoxy) is 2. The SMILES string of the molecule is CCN(CC)C(=O)c1ccc(-c2cn3ccnc3c(Nc3ccc(OC)c(OC)c3)n2)cc1. The molecular formula is C25H27N5O3. The van der Waals surface area contributed by atoms with Gasteiger partial charge in [-0.1, -0.05) is 12.1 Å². The van der Waals surface area contributed by atoms with E-state index in [4.69, 9.17) is 14.5 Å². The first-order chi connectivity index (χ1) is 16.1. The molecule has 0 unspecified atom stereocenters. The van der Waals surface area contributed by atoms with Gasteiger partial charge in [0, 0.05) is 54.6 Å². The number of amides is 1. The zero-order valence-corrected chi connectivity index (χ0v) is 19.2. The van der Waals surface area contributed by atoms with E-state index in [9.17, 15) is 4.79 Å². The molecular weight excluding hydrogens is 418 g/mol. The molecule has 1 amide bonds. The number of methoxy groups -OCH3 is 2. The molecule has 2 aromatic heterocycles. The van der Waals surface area contributed by atoms with Crippen LogP contribution in [0, 0.1) is 0 Å². The predicted molar refractivity (Wildman–Crippen MR) is 129 cm³/mol. The number of anilines is 2. The molecule has 0 fully saturated rings. The average molecular weight is 446 g/mol. The number of nitrogens with zero attached hydrogens (tertiary/aromatic N) is 4. The molecule has 170 valence electrons. The number of nitrogens with one attached hydrogen (secondary N) is 1. The normalized spacial score (nSPS) is 10.8. The van der Waals surface area contributed by atoms with Gasteiger partial charge in [0.2, 0.25) is 0 Å². The van der Waals surface area contributed by atoms with Crippen LogP contribution < -0.4 is 14.8 Å². The summed E-state index contributed by atoms with van der Waals surface area (Å²) in [6.45, 7) is 5.32. The van der Waals surface area contributed by atoms with Crippen molar-refractivity contribution in [1.82, 2.24) is 19.3 Å². The highest BCUT2D eigenvalue weighted by Crippen LogP contribution is 2.32. The summed E-state index contributed by atoms with van der Waals surface area (Å²) >= 11 is 0. The van der Waals surface area contributed by atoms with Gasteiger partial charge in [-0.15, -0.1) is 0 Å². The lowest BCUT2D eigenvalue weighted by molar-refractivity contribution is 0.0773. The Hall–Kier alpha value is -4.07. The molecule has 33 heavy (non-hydrogen) atoms. The minimum atomic E-state index is 0.0281. The van der Waals surface area contributed by atoms with E-state index in [0.29, 0.717) is 41.6 Å². The smallest absolute Gasteiger partial charge is 0.253 e. The number of aromatic nitrogens is 3. The molecule has 2 aromatic carbocycles. The van der Waals surface area contributed by atoms with E-state index in [1.165, 1.54) is 0 Å². The van der Waals surface area contributed by atoms with E-state index in [1.807, 2.05) is 73.1 Å². The summed E-state index contributed by atoms with van der Waals surface area (Å²) in [5, 5.41) is 3.34. The second-order valence-corrected chi connectivity index (χ2v) is 7.38. The maximum absolute atomic E-state index is 12.6. The molecule has 0 saturated carbocycles. The maximum atomic E-state index is 12.6. The van der Waals surface area contributed by atoms with Crippen molar-refractivity contribution in [2.45, 2.75) is 13.8 Å². The van der Waals surface area contributed by atoms with Crippen LogP contribution in [0.15, 0.2) is 61.1 Å². The molecule has 0 bridgehead atoms. The van der Waals surface area contributed by atoms with Crippen LogP contribution >= 0.6 is 0 Å². The van der Waals surface area contributed by atoms with Gasteiger partial charge in [0.25, 0.3) is 5.91 Å². The van der Waals surface area contributed by atoms with Crippen LogP contribution in [-0.2, 0) is 0 Å². The van der Waals surface area contributed by atoms with Crippen molar-refractivity contribution in [3.05, 3.63) is 66.6 Å². The third-order valence-corrected chi connectivity index (χ3v) is 5.50. The van der Waals surface area contributed by atoms with Gasteiger partial charge in [0.1, 0.15) is 0 Å². The Morgan fingerprint density at radius 3 is 2.42 bits per heavy atom. The lowest BCUT2D eigenvalue weighted by Crippen LogP contribution is -2.30. The molecule has 0 radical (unpaired) electrons. The number of hydrogen-bond donors (Lipinski definition) is 1. The van der Waals surface area contributed by atoms with Crippen molar-refractivity contribution < 1.29 is 14.3 Å². The molecule has 4 rings (SSSR count). The van der Waals surface area contributed by atoms with Gasteiger partial charge in [-0.3, -0.25) is 4.79 Å². The Morgan fingerprint density at radius 2 is 1.76 bits per heavy atom. The summed E-state index contributed by atoms with van der Waals surface area (Å²) in [5.41, 5.74) is 3.81. The van der Waals surface area contributed by atoms with Gasteiger partial charge in [-0.2, -0.15) is 0 Å². The lowest BCUT2D eigenvalue weighted by Gasteiger charge is -2.18. The van der Waals surface area contributed by atoms with E-state index >= 15 is 0 Å². The van der Waals surface area contributed by atoms with Crippen LogP contribution in [-0.4, -0.2) is 52.5 Å². The van der Waals surface area contributed by atoms with Crippen molar-refractivity contribution in [3.63, 3.8) is 0 Å². The molecule has 8 nitrogen and oxygen atoms in total. The van der Waals surface area contributed by atoms with E-state index in [1.54, 1.807) is 25.3 Å². The molecule has 0 saturated heterocycles. The minimum absolute atomic E-state index is 0.0281. The number of carbonyl (C=O) groups excluding carboxylic acids is 1. The molecule has 0 aliphatic rings. The molecule has 0 aliphatic carbocycles. The molecule has 0 atom stereocenters. The summed E-state index contributed by atoms with van der Waals surface area (Å²) in [4.78, 5) is 23.7. The summed E-state index contributed by atoms with van der Waals surface area (Å²) in [5.74, 6) is 1.90. The fourth-order valence-corrected chi connectivity index (χ4v) is 3.68. The monoisotopic (exact) mass is 445 g/mol. The Bertz CT molecular complexity index is 1260. The van der Waals surface area contributed by atoms with Crippen LogP contribution in [0.2, 0.25) is 0 Å². The number of fused-ring (bicyclic) bond motifs is 1. The third kappa shape index (κ3) is 4.45. The first-order valence-corrected chi connectivity index (χ1v) is 10.8. The number of rotatable bonds is 8. The van der Waals surface area contributed by atoms with Gasteiger partial charge < -0.3 is 24.1 Å². The highest BCUT2D eigenvalue weighted by Gasteiger charge is 2.14. The second-order valence-electron chi connectivity index (χ2n) is 7.38.